The van der Waals surface area contributed by atoms with Gasteiger partial charge in [0.25, 0.3) is 0 Å². The maximum atomic E-state index is 2.44. The molecule has 0 aliphatic heterocycles. The zero-order chi connectivity index (χ0) is 29.3. The first-order chi connectivity index (χ1) is 20.4. The Morgan fingerprint density at radius 1 is 0.415 bits per heavy atom. The summed E-state index contributed by atoms with van der Waals surface area (Å²) >= 11 is 0. The number of allylic oxidation sites excluding steroid dienone is 2. The number of aryl methyl sites for hydroxylation is 2. The minimum absolute atomic E-state index is 1.19. The van der Waals surface area contributed by atoms with E-state index in [1.54, 1.807) is 0 Å². The second-order valence-corrected chi connectivity index (χ2v) is 13.1. The topological polar surface area (TPSA) is 3.88 Å². The number of hydrogen-bond acceptors (Lipinski definition) is 0. The molecule has 0 N–H and O–H groups in total. The Morgan fingerprint density at radius 3 is 1.17 bits per heavy atom. The second-order valence-electron chi connectivity index (χ2n) is 13.1. The number of pyridine rings is 1. The average molecular weight is 569 g/mol. The fourth-order valence-corrected chi connectivity index (χ4v) is 6.05. The first-order valence-corrected chi connectivity index (χ1v) is 19.0. The quantitative estimate of drug-likeness (QED) is 0.0462. The van der Waals surface area contributed by atoms with Crippen molar-refractivity contribution in [3.05, 3.63) is 42.2 Å². The summed E-state index contributed by atoms with van der Waals surface area (Å²) in [7, 11) is 0. The van der Waals surface area contributed by atoms with Crippen LogP contribution in [-0.2, 0) is 13.0 Å². The van der Waals surface area contributed by atoms with Gasteiger partial charge in [0.05, 0.1) is 0 Å². The van der Waals surface area contributed by atoms with E-state index in [1.807, 2.05) is 0 Å². The molecule has 1 rings (SSSR count). The predicted octanol–water partition coefficient (Wildman–Crippen LogP) is 13.4. The molecule has 0 fully saturated rings. The van der Waals surface area contributed by atoms with Crippen molar-refractivity contribution < 1.29 is 4.57 Å². The summed E-state index contributed by atoms with van der Waals surface area (Å²) in [6.45, 7) is 5.79. The lowest BCUT2D eigenvalue weighted by Gasteiger charge is -2.04. The Bertz CT molecular complexity index is 645. The number of hydrogen-bond donors (Lipinski definition) is 0. The molecule has 1 heteroatoms. The Hall–Kier alpha value is -1.11. The zero-order valence-electron chi connectivity index (χ0n) is 28.3. The predicted molar refractivity (Wildman–Crippen MR) is 185 cm³/mol. The van der Waals surface area contributed by atoms with Gasteiger partial charge in [-0.15, -0.1) is 0 Å². The number of aromatic nitrogens is 1. The largest absolute Gasteiger partial charge is 0.205 e. The van der Waals surface area contributed by atoms with Gasteiger partial charge >= 0.3 is 0 Å². The van der Waals surface area contributed by atoms with Crippen molar-refractivity contribution in [1.29, 1.82) is 0 Å². The van der Waals surface area contributed by atoms with Gasteiger partial charge in [-0.05, 0) is 50.5 Å². The van der Waals surface area contributed by atoms with E-state index < -0.39 is 0 Å². The molecule has 0 aliphatic rings. The van der Waals surface area contributed by atoms with Gasteiger partial charge in [0, 0.05) is 18.6 Å². The highest BCUT2D eigenvalue weighted by Gasteiger charge is 2.02. The van der Waals surface area contributed by atoms with Crippen LogP contribution in [0.5, 0.6) is 0 Å². The smallest absolute Gasteiger partial charge is 0.169 e. The maximum Gasteiger partial charge on any atom is 0.169 e. The molecule has 0 aromatic carbocycles. The number of rotatable bonds is 32. The van der Waals surface area contributed by atoms with E-state index in [0.717, 1.165) is 0 Å². The third-order valence-electron chi connectivity index (χ3n) is 8.96. The highest BCUT2D eigenvalue weighted by Crippen LogP contribution is 2.14. The molecule has 0 aliphatic carbocycles. The zero-order valence-corrected chi connectivity index (χ0v) is 28.3. The SMILES string of the molecule is CCCCCCCCC=CCCCCCCCCCc1cc[n+](CCCCCCCCCCCCCCCC)cc1. The van der Waals surface area contributed by atoms with Gasteiger partial charge in [0.2, 0.25) is 0 Å². The third kappa shape index (κ3) is 27.5. The van der Waals surface area contributed by atoms with Gasteiger partial charge in [-0.25, -0.2) is 4.57 Å². The van der Waals surface area contributed by atoms with Crippen LogP contribution in [-0.4, -0.2) is 0 Å². The van der Waals surface area contributed by atoms with Gasteiger partial charge in [-0.1, -0.05) is 167 Å². The van der Waals surface area contributed by atoms with Crippen LogP contribution in [0.25, 0.3) is 0 Å². The minimum Gasteiger partial charge on any atom is -0.205 e. The summed E-state index contributed by atoms with van der Waals surface area (Å²) in [5.41, 5.74) is 1.52. The highest BCUT2D eigenvalue weighted by atomic mass is 14.9. The van der Waals surface area contributed by atoms with Crippen molar-refractivity contribution in [1.82, 2.24) is 0 Å². The van der Waals surface area contributed by atoms with Gasteiger partial charge in [-0.2, -0.15) is 0 Å². The summed E-state index contributed by atoms with van der Waals surface area (Å²) < 4.78 is 2.40. The molecule has 1 aromatic rings. The van der Waals surface area contributed by atoms with Crippen LogP contribution in [0, 0.1) is 0 Å². The lowest BCUT2D eigenvalue weighted by atomic mass is 10.0. The van der Waals surface area contributed by atoms with Gasteiger partial charge in [-0.3, -0.25) is 0 Å². The summed E-state index contributed by atoms with van der Waals surface area (Å²) in [6, 6.07) is 4.73. The molecule has 0 saturated heterocycles. The molecule has 0 amide bonds. The molecule has 0 spiro atoms. The molecule has 41 heavy (non-hydrogen) atoms. The molecule has 1 heterocycles. The van der Waals surface area contributed by atoms with E-state index >= 15 is 0 Å². The Kier molecular flexibility index (Phi) is 29.4. The van der Waals surface area contributed by atoms with Crippen LogP contribution in [0.15, 0.2) is 36.7 Å². The molecule has 1 aromatic heterocycles. The van der Waals surface area contributed by atoms with Gasteiger partial charge in [0.1, 0.15) is 6.54 Å². The lowest BCUT2D eigenvalue weighted by Crippen LogP contribution is -2.32. The van der Waals surface area contributed by atoms with Crippen molar-refractivity contribution in [2.75, 3.05) is 0 Å². The average Bonchev–Trinajstić information content (AvgIpc) is 2.99. The third-order valence-corrected chi connectivity index (χ3v) is 8.96. The van der Waals surface area contributed by atoms with Crippen LogP contribution in [0.2, 0.25) is 0 Å². The van der Waals surface area contributed by atoms with Crippen LogP contribution in [0.1, 0.15) is 206 Å². The van der Waals surface area contributed by atoms with E-state index in [4.69, 9.17) is 0 Å². The first-order valence-electron chi connectivity index (χ1n) is 19.0. The van der Waals surface area contributed by atoms with E-state index in [-0.39, 0.29) is 0 Å². The van der Waals surface area contributed by atoms with E-state index in [1.165, 1.54) is 205 Å². The molecular weight excluding hydrogens is 494 g/mol. The van der Waals surface area contributed by atoms with Gasteiger partial charge < -0.3 is 0 Å². The molecular formula is C40H74N+. The van der Waals surface area contributed by atoms with E-state index in [0.29, 0.717) is 0 Å². The molecule has 238 valence electrons. The highest BCUT2D eigenvalue weighted by molar-refractivity contribution is 5.07. The fourth-order valence-electron chi connectivity index (χ4n) is 6.05. The molecule has 0 unspecified atom stereocenters. The standard InChI is InChI=1S/C40H74N/c1-3-5-7-9-11-13-15-17-19-20-21-22-24-26-28-30-32-34-40-35-38-41(39-36-40)37-33-31-29-27-25-23-18-16-14-12-10-8-6-4-2/h17,19,35-36,38-39H,3-16,18,20-34,37H2,1-2H3/q+1. The van der Waals surface area contributed by atoms with Crippen molar-refractivity contribution in [3.63, 3.8) is 0 Å². The summed E-state index contributed by atoms with van der Waals surface area (Å²) in [5.74, 6) is 0. The lowest BCUT2D eigenvalue weighted by molar-refractivity contribution is -0.697. The molecule has 0 radical (unpaired) electrons. The molecule has 0 atom stereocenters. The van der Waals surface area contributed by atoms with Crippen molar-refractivity contribution in [2.45, 2.75) is 213 Å². The van der Waals surface area contributed by atoms with E-state index in [2.05, 4.69) is 55.1 Å². The fraction of sp³-hybridized carbons (Fsp3) is 0.825. The normalized spacial score (nSPS) is 11.7. The van der Waals surface area contributed by atoms with Gasteiger partial charge in [0.15, 0.2) is 12.4 Å². The van der Waals surface area contributed by atoms with Crippen LogP contribution in [0.3, 0.4) is 0 Å². The monoisotopic (exact) mass is 569 g/mol. The van der Waals surface area contributed by atoms with Crippen LogP contribution < -0.4 is 4.57 Å². The van der Waals surface area contributed by atoms with E-state index in [9.17, 15) is 0 Å². The van der Waals surface area contributed by atoms with Crippen LogP contribution >= 0.6 is 0 Å². The Labute approximate surface area is 259 Å². The molecule has 0 saturated carbocycles. The summed E-state index contributed by atoms with van der Waals surface area (Å²) in [4.78, 5) is 0. The molecule has 1 nitrogen and oxygen atoms in total. The molecule has 0 bridgehead atoms. The number of nitrogens with zero attached hydrogens (tertiary/aromatic N) is 1. The minimum atomic E-state index is 1.19. The van der Waals surface area contributed by atoms with Crippen molar-refractivity contribution in [3.8, 4) is 0 Å². The summed E-state index contributed by atoms with van der Waals surface area (Å²) in [5, 5.41) is 0. The second kappa shape index (κ2) is 31.8. The maximum absolute atomic E-state index is 2.44. The first kappa shape index (κ1) is 37.9. The van der Waals surface area contributed by atoms with Crippen molar-refractivity contribution >= 4 is 0 Å². The number of unbranched alkanes of at least 4 members (excludes halogenated alkanes) is 26. The van der Waals surface area contributed by atoms with Crippen LogP contribution in [0.4, 0.5) is 0 Å². The van der Waals surface area contributed by atoms with Crippen molar-refractivity contribution in [2.24, 2.45) is 0 Å². The summed E-state index contributed by atoms with van der Waals surface area (Å²) in [6.07, 6.45) is 51.7. The Morgan fingerprint density at radius 2 is 0.756 bits per heavy atom. The Balaban J connectivity index is 1.83.